The van der Waals surface area contributed by atoms with Crippen molar-refractivity contribution < 1.29 is 9.53 Å². The van der Waals surface area contributed by atoms with Gasteiger partial charge in [-0.2, -0.15) is 11.8 Å². The Kier molecular flexibility index (Phi) is 5.16. The second-order valence-electron chi connectivity index (χ2n) is 3.47. The number of ether oxygens (including phenoxy) is 1. The van der Waals surface area contributed by atoms with Crippen LogP contribution in [-0.4, -0.2) is 24.9 Å². The molecule has 1 aromatic carbocycles. The number of hydrogen-bond acceptors (Lipinski definition) is 3. The van der Waals surface area contributed by atoms with Gasteiger partial charge in [-0.05, 0) is 30.9 Å². The number of carbonyl (C=O) groups excluding carboxylic acids is 1. The fourth-order valence-electron chi connectivity index (χ4n) is 1.44. The molecule has 0 aliphatic rings. The lowest BCUT2D eigenvalue weighted by Gasteiger charge is -2.09. The van der Waals surface area contributed by atoms with E-state index in [1.54, 1.807) is 31.0 Å². The molecule has 0 unspecified atom stereocenters. The summed E-state index contributed by atoms with van der Waals surface area (Å²) in [5.41, 5.74) is 1.60. The summed E-state index contributed by atoms with van der Waals surface area (Å²) in [7, 11) is 1.57. The maximum Gasteiger partial charge on any atom is 0.164 e. The lowest BCUT2D eigenvalue weighted by Crippen LogP contribution is -2.03. The number of rotatable bonds is 5. The van der Waals surface area contributed by atoms with Crippen LogP contribution < -0.4 is 4.74 Å². The van der Waals surface area contributed by atoms with E-state index in [0.717, 1.165) is 11.3 Å². The van der Waals surface area contributed by atoms with Crippen LogP contribution in [0.5, 0.6) is 5.75 Å². The van der Waals surface area contributed by atoms with Gasteiger partial charge in [-0.25, -0.2) is 0 Å². The lowest BCUT2D eigenvalue weighted by atomic mass is 10.0. The second-order valence-corrected chi connectivity index (χ2v) is 4.86. The maximum absolute atomic E-state index is 11.9. The molecule has 0 fully saturated rings. The summed E-state index contributed by atoms with van der Waals surface area (Å²) in [6, 6.07) is 3.49. The van der Waals surface area contributed by atoms with Gasteiger partial charge in [-0.3, -0.25) is 4.79 Å². The van der Waals surface area contributed by atoms with Crippen LogP contribution in [0.2, 0.25) is 5.02 Å². The minimum Gasteiger partial charge on any atom is -0.495 e. The Labute approximate surface area is 105 Å². The zero-order chi connectivity index (χ0) is 12.1. The van der Waals surface area contributed by atoms with Gasteiger partial charge in [0.1, 0.15) is 5.75 Å². The van der Waals surface area contributed by atoms with E-state index >= 15 is 0 Å². The monoisotopic (exact) mass is 258 g/mol. The molecule has 0 saturated carbocycles. The van der Waals surface area contributed by atoms with Crippen LogP contribution in [0, 0.1) is 6.92 Å². The van der Waals surface area contributed by atoms with Crippen molar-refractivity contribution in [3.05, 3.63) is 28.3 Å². The summed E-state index contributed by atoms with van der Waals surface area (Å²) >= 11 is 7.66. The molecule has 0 aromatic heterocycles. The first-order valence-electron chi connectivity index (χ1n) is 4.96. The first-order chi connectivity index (χ1) is 7.60. The molecule has 0 saturated heterocycles. The van der Waals surface area contributed by atoms with Gasteiger partial charge in [-0.1, -0.05) is 11.6 Å². The van der Waals surface area contributed by atoms with Crippen LogP contribution in [0.3, 0.4) is 0 Å². The third kappa shape index (κ3) is 3.16. The van der Waals surface area contributed by atoms with E-state index in [4.69, 9.17) is 16.3 Å². The van der Waals surface area contributed by atoms with Gasteiger partial charge in [0.15, 0.2) is 5.78 Å². The van der Waals surface area contributed by atoms with Gasteiger partial charge in [0, 0.05) is 17.7 Å². The summed E-state index contributed by atoms with van der Waals surface area (Å²) in [4.78, 5) is 11.9. The minimum absolute atomic E-state index is 0.136. The van der Waals surface area contributed by atoms with Gasteiger partial charge in [0.25, 0.3) is 0 Å². The highest BCUT2D eigenvalue weighted by Gasteiger charge is 2.12. The molecule has 2 nitrogen and oxygen atoms in total. The van der Waals surface area contributed by atoms with Crippen LogP contribution in [0.4, 0.5) is 0 Å². The van der Waals surface area contributed by atoms with Gasteiger partial charge in [0.2, 0.25) is 0 Å². The Morgan fingerprint density at radius 3 is 2.75 bits per heavy atom. The molecule has 16 heavy (non-hydrogen) atoms. The van der Waals surface area contributed by atoms with Crippen molar-refractivity contribution >= 4 is 29.1 Å². The number of aryl methyl sites for hydroxylation is 1. The average molecular weight is 259 g/mol. The predicted molar refractivity (Wildman–Crippen MR) is 70.1 cm³/mol. The first-order valence-corrected chi connectivity index (χ1v) is 6.73. The SMILES string of the molecule is COc1cc(C)c(C(=O)CCSC)cc1Cl. The molecule has 0 radical (unpaired) electrons. The predicted octanol–water partition coefficient (Wildman–Crippen LogP) is 3.59. The van der Waals surface area contributed by atoms with Gasteiger partial charge >= 0.3 is 0 Å². The number of methoxy groups -OCH3 is 1. The topological polar surface area (TPSA) is 26.3 Å². The number of hydrogen-bond donors (Lipinski definition) is 0. The molecular weight excluding hydrogens is 244 g/mol. The highest BCUT2D eigenvalue weighted by atomic mass is 35.5. The minimum atomic E-state index is 0.136. The third-order valence-electron chi connectivity index (χ3n) is 2.33. The normalized spacial score (nSPS) is 10.2. The summed E-state index contributed by atoms with van der Waals surface area (Å²) in [5, 5.41) is 0.487. The van der Waals surface area contributed by atoms with Crippen molar-refractivity contribution in [1.29, 1.82) is 0 Å². The molecule has 0 aliphatic heterocycles. The van der Waals surface area contributed by atoms with Crippen molar-refractivity contribution in [3.63, 3.8) is 0 Å². The summed E-state index contributed by atoms with van der Waals surface area (Å²) in [5.74, 6) is 1.58. The molecule has 0 bridgehead atoms. The zero-order valence-corrected chi connectivity index (χ0v) is 11.2. The Hall–Kier alpha value is -0.670. The summed E-state index contributed by atoms with van der Waals surface area (Å²) in [6.45, 7) is 1.89. The number of benzene rings is 1. The van der Waals surface area contributed by atoms with Crippen LogP contribution >= 0.6 is 23.4 Å². The lowest BCUT2D eigenvalue weighted by molar-refractivity contribution is 0.0989. The molecule has 0 N–H and O–H groups in total. The van der Waals surface area contributed by atoms with Crippen molar-refractivity contribution in [3.8, 4) is 5.75 Å². The molecule has 0 heterocycles. The van der Waals surface area contributed by atoms with E-state index in [1.165, 1.54) is 0 Å². The van der Waals surface area contributed by atoms with Crippen molar-refractivity contribution in [2.24, 2.45) is 0 Å². The fourth-order valence-corrected chi connectivity index (χ4v) is 2.07. The highest BCUT2D eigenvalue weighted by Crippen LogP contribution is 2.28. The molecule has 1 aromatic rings. The van der Waals surface area contributed by atoms with Gasteiger partial charge in [0.05, 0.1) is 12.1 Å². The molecule has 1 rings (SSSR count). The highest BCUT2D eigenvalue weighted by molar-refractivity contribution is 7.98. The molecule has 0 aliphatic carbocycles. The van der Waals surface area contributed by atoms with E-state index in [2.05, 4.69) is 0 Å². The molecule has 0 spiro atoms. The van der Waals surface area contributed by atoms with E-state index in [0.29, 0.717) is 22.8 Å². The fraction of sp³-hybridized carbons (Fsp3) is 0.417. The second kappa shape index (κ2) is 6.16. The average Bonchev–Trinajstić information content (AvgIpc) is 2.28. The van der Waals surface area contributed by atoms with Crippen LogP contribution in [0.25, 0.3) is 0 Å². The Bertz CT molecular complexity index is 391. The molecule has 4 heteroatoms. The van der Waals surface area contributed by atoms with Crippen LogP contribution in [0.15, 0.2) is 12.1 Å². The number of thioether (sulfide) groups is 1. The Balaban J connectivity index is 2.97. The molecule has 0 amide bonds. The van der Waals surface area contributed by atoms with E-state index < -0.39 is 0 Å². The van der Waals surface area contributed by atoms with E-state index in [1.807, 2.05) is 13.2 Å². The quantitative estimate of drug-likeness (QED) is 0.755. The van der Waals surface area contributed by atoms with Crippen molar-refractivity contribution in [2.75, 3.05) is 19.1 Å². The number of Topliss-reactive ketones (excluding diaryl/α,β-unsaturated/α-hetero) is 1. The third-order valence-corrected chi connectivity index (χ3v) is 3.24. The van der Waals surface area contributed by atoms with Gasteiger partial charge < -0.3 is 4.74 Å². The first kappa shape index (κ1) is 13.4. The number of halogens is 1. The maximum atomic E-state index is 11.9. The number of ketones is 1. The molecule has 88 valence electrons. The summed E-state index contributed by atoms with van der Waals surface area (Å²) in [6.07, 6.45) is 2.53. The standard InChI is InChI=1S/C12H15ClO2S/c1-8-6-12(15-2)10(13)7-9(8)11(14)4-5-16-3/h6-7H,4-5H2,1-3H3. The Morgan fingerprint density at radius 2 is 2.19 bits per heavy atom. The van der Waals surface area contributed by atoms with E-state index in [-0.39, 0.29) is 5.78 Å². The molecular formula is C12H15ClO2S. The smallest absolute Gasteiger partial charge is 0.164 e. The number of carbonyl (C=O) groups is 1. The van der Waals surface area contributed by atoms with Gasteiger partial charge in [-0.15, -0.1) is 0 Å². The van der Waals surface area contributed by atoms with Crippen LogP contribution in [-0.2, 0) is 0 Å². The summed E-state index contributed by atoms with van der Waals surface area (Å²) < 4.78 is 5.09. The van der Waals surface area contributed by atoms with Crippen LogP contribution in [0.1, 0.15) is 22.3 Å². The zero-order valence-electron chi connectivity index (χ0n) is 9.67. The van der Waals surface area contributed by atoms with Crippen molar-refractivity contribution in [2.45, 2.75) is 13.3 Å². The Morgan fingerprint density at radius 1 is 1.50 bits per heavy atom. The van der Waals surface area contributed by atoms with Crippen molar-refractivity contribution in [1.82, 2.24) is 0 Å². The largest absolute Gasteiger partial charge is 0.495 e. The van der Waals surface area contributed by atoms with E-state index in [9.17, 15) is 4.79 Å². The molecule has 0 atom stereocenters.